The van der Waals surface area contributed by atoms with Gasteiger partial charge in [-0.05, 0) is 6.92 Å². The summed E-state index contributed by atoms with van der Waals surface area (Å²) in [7, 11) is 3.95. The molecule has 0 saturated heterocycles. The predicted octanol–water partition coefficient (Wildman–Crippen LogP) is 1.27. The third-order valence-corrected chi connectivity index (χ3v) is 2.23. The highest BCUT2D eigenvalue weighted by atomic mass is 32.1. The highest BCUT2D eigenvalue weighted by Gasteiger charge is 2.06. The highest BCUT2D eigenvalue weighted by molar-refractivity contribution is 7.09. The molecule has 11 heavy (non-hydrogen) atoms. The topological polar surface area (TPSA) is 28.2 Å². The van der Waals surface area contributed by atoms with Crippen LogP contribution in [0.25, 0.3) is 0 Å². The maximum atomic E-state index is 4.20. The number of hydrogen-bond acceptors (Lipinski definition) is 4. The van der Waals surface area contributed by atoms with E-state index in [1.165, 1.54) is 0 Å². The smallest absolute Gasteiger partial charge is 0.111 e. The predicted molar refractivity (Wildman–Crippen MR) is 47.4 cm³/mol. The van der Waals surface area contributed by atoms with Gasteiger partial charge >= 0.3 is 0 Å². The first-order valence-corrected chi connectivity index (χ1v) is 4.41. The van der Waals surface area contributed by atoms with E-state index in [4.69, 9.17) is 0 Å². The molecule has 0 aliphatic rings. The Bertz CT molecular complexity index is 195. The molecule has 1 rings (SSSR count). The number of aromatic nitrogens is 1. The molecular weight excluding hydrogens is 158 g/mol. The maximum absolute atomic E-state index is 4.20. The number of nitrogens with zero attached hydrogens (tertiary/aromatic N) is 2. The fourth-order valence-electron chi connectivity index (χ4n) is 0.891. The summed E-state index contributed by atoms with van der Waals surface area (Å²) >= 11 is 1.67. The highest BCUT2D eigenvalue weighted by Crippen LogP contribution is 2.14. The lowest BCUT2D eigenvalue weighted by atomic mass is 10.4. The van der Waals surface area contributed by atoms with Crippen molar-refractivity contribution in [3.63, 3.8) is 0 Å². The maximum Gasteiger partial charge on any atom is 0.111 e. The second-order valence-corrected chi connectivity index (χ2v) is 3.54. The van der Waals surface area contributed by atoms with Crippen LogP contribution in [0.15, 0.2) is 11.6 Å². The summed E-state index contributed by atoms with van der Waals surface area (Å²) in [5.41, 5.74) is 3.23. The molecule has 1 heterocycles. The number of hydrazine groups is 1. The minimum Gasteiger partial charge on any atom is -0.250 e. The summed E-state index contributed by atoms with van der Waals surface area (Å²) < 4.78 is 0. The van der Waals surface area contributed by atoms with Crippen molar-refractivity contribution in [2.24, 2.45) is 0 Å². The van der Waals surface area contributed by atoms with Crippen molar-refractivity contribution in [2.75, 3.05) is 14.1 Å². The zero-order valence-corrected chi connectivity index (χ0v) is 7.85. The van der Waals surface area contributed by atoms with Gasteiger partial charge < -0.3 is 0 Å². The third-order valence-electron chi connectivity index (χ3n) is 1.27. The van der Waals surface area contributed by atoms with E-state index < -0.39 is 0 Å². The van der Waals surface area contributed by atoms with Crippen LogP contribution < -0.4 is 5.43 Å². The SMILES string of the molecule is CC(NN(C)C)c1nccs1. The molecule has 1 N–H and O–H groups in total. The molecule has 1 atom stereocenters. The van der Waals surface area contributed by atoms with Gasteiger partial charge in [-0.25, -0.2) is 15.4 Å². The van der Waals surface area contributed by atoms with Gasteiger partial charge in [-0.15, -0.1) is 11.3 Å². The van der Waals surface area contributed by atoms with E-state index in [0.29, 0.717) is 6.04 Å². The van der Waals surface area contributed by atoms with Gasteiger partial charge in [0.15, 0.2) is 0 Å². The summed E-state index contributed by atoms with van der Waals surface area (Å²) in [5.74, 6) is 0. The van der Waals surface area contributed by atoms with Crippen molar-refractivity contribution in [2.45, 2.75) is 13.0 Å². The van der Waals surface area contributed by atoms with Crippen molar-refractivity contribution in [3.05, 3.63) is 16.6 Å². The summed E-state index contributed by atoms with van der Waals surface area (Å²) in [5, 5.41) is 5.05. The van der Waals surface area contributed by atoms with Crippen LogP contribution in [0.1, 0.15) is 18.0 Å². The second kappa shape index (κ2) is 3.80. The molecule has 0 bridgehead atoms. The Labute approximate surface area is 71.0 Å². The fourth-order valence-corrected chi connectivity index (χ4v) is 1.53. The first-order chi connectivity index (χ1) is 5.20. The largest absolute Gasteiger partial charge is 0.250 e. The van der Waals surface area contributed by atoms with Crippen LogP contribution in [0.4, 0.5) is 0 Å². The minimum absolute atomic E-state index is 0.310. The molecule has 0 aliphatic heterocycles. The van der Waals surface area contributed by atoms with Gasteiger partial charge in [-0.2, -0.15) is 0 Å². The molecule has 0 saturated carbocycles. The van der Waals surface area contributed by atoms with Gasteiger partial charge in [-0.1, -0.05) is 0 Å². The lowest BCUT2D eigenvalue weighted by molar-refractivity contribution is 0.252. The molecule has 4 heteroatoms. The molecule has 0 amide bonds. The Morgan fingerprint density at radius 3 is 2.82 bits per heavy atom. The molecule has 0 spiro atoms. The molecule has 1 unspecified atom stereocenters. The molecule has 1 aromatic heterocycles. The number of nitrogens with one attached hydrogen (secondary N) is 1. The van der Waals surface area contributed by atoms with Gasteiger partial charge in [0.1, 0.15) is 5.01 Å². The molecule has 0 fully saturated rings. The summed E-state index contributed by atoms with van der Waals surface area (Å²) in [6.07, 6.45) is 1.83. The Morgan fingerprint density at radius 2 is 2.36 bits per heavy atom. The first-order valence-electron chi connectivity index (χ1n) is 3.53. The zero-order chi connectivity index (χ0) is 8.27. The average Bonchev–Trinajstić information content (AvgIpc) is 2.35. The van der Waals surface area contributed by atoms with E-state index in [0.717, 1.165) is 5.01 Å². The van der Waals surface area contributed by atoms with Crippen LogP contribution in [0.5, 0.6) is 0 Å². The van der Waals surface area contributed by atoms with E-state index in [1.54, 1.807) is 11.3 Å². The van der Waals surface area contributed by atoms with Crippen LogP contribution in [-0.4, -0.2) is 24.1 Å². The fraction of sp³-hybridized carbons (Fsp3) is 0.571. The van der Waals surface area contributed by atoms with Crippen LogP contribution in [-0.2, 0) is 0 Å². The van der Waals surface area contributed by atoms with Crippen molar-refractivity contribution >= 4 is 11.3 Å². The monoisotopic (exact) mass is 171 g/mol. The quantitative estimate of drug-likeness (QED) is 0.694. The first kappa shape index (κ1) is 8.64. The minimum atomic E-state index is 0.310. The van der Waals surface area contributed by atoms with Gasteiger partial charge in [0.2, 0.25) is 0 Å². The van der Waals surface area contributed by atoms with E-state index in [9.17, 15) is 0 Å². The van der Waals surface area contributed by atoms with E-state index >= 15 is 0 Å². The van der Waals surface area contributed by atoms with Gasteiger partial charge in [0.25, 0.3) is 0 Å². The number of hydrogen-bond donors (Lipinski definition) is 1. The van der Waals surface area contributed by atoms with E-state index in [2.05, 4.69) is 17.3 Å². The molecule has 1 aromatic rings. The number of thiazole rings is 1. The Kier molecular flexibility index (Phi) is 2.99. The van der Waals surface area contributed by atoms with E-state index in [1.807, 2.05) is 30.7 Å². The molecule has 0 radical (unpaired) electrons. The van der Waals surface area contributed by atoms with Crippen LogP contribution >= 0.6 is 11.3 Å². The molecule has 3 nitrogen and oxygen atoms in total. The third kappa shape index (κ3) is 2.57. The Balaban J connectivity index is 2.49. The van der Waals surface area contributed by atoms with Crippen LogP contribution in [0, 0.1) is 0 Å². The van der Waals surface area contributed by atoms with Gasteiger partial charge in [0, 0.05) is 25.7 Å². The molecule has 62 valence electrons. The van der Waals surface area contributed by atoms with Crippen molar-refractivity contribution in [1.29, 1.82) is 0 Å². The zero-order valence-electron chi connectivity index (χ0n) is 7.03. The van der Waals surface area contributed by atoms with Gasteiger partial charge in [-0.3, -0.25) is 0 Å². The Morgan fingerprint density at radius 1 is 1.64 bits per heavy atom. The standard InChI is InChI=1S/C7H13N3S/c1-6(9-10(2)3)7-8-4-5-11-7/h4-6,9H,1-3H3. The molecule has 0 aliphatic carbocycles. The summed E-state index contributed by atoms with van der Waals surface area (Å²) in [6.45, 7) is 2.10. The van der Waals surface area contributed by atoms with Crippen molar-refractivity contribution in [3.8, 4) is 0 Å². The molecular formula is C7H13N3S. The van der Waals surface area contributed by atoms with Crippen LogP contribution in [0.3, 0.4) is 0 Å². The van der Waals surface area contributed by atoms with E-state index in [-0.39, 0.29) is 0 Å². The Hall–Kier alpha value is -0.450. The molecule has 0 aromatic carbocycles. The summed E-state index contributed by atoms with van der Waals surface area (Å²) in [6, 6.07) is 0.310. The van der Waals surface area contributed by atoms with Crippen LogP contribution in [0.2, 0.25) is 0 Å². The summed E-state index contributed by atoms with van der Waals surface area (Å²) in [4.78, 5) is 4.20. The lowest BCUT2D eigenvalue weighted by Crippen LogP contribution is -2.32. The van der Waals surface area contributed by atoms with Crippen molar-refractivity contribution in [1.82, 2.24) is 15.4 Å². The normalized spacial score (nSPS) is 13.8. The average molecular weight is 171 g/mol. The van der Waals surface area contributed by atoms with Crippen molar-refractivity contribution < 1.29 is 0 Å². The number of rotatable bonds is 3. The lowest BCUT2D eigenvalue weighted by Gasteiger charge is -2.16. The second-order valence-electron chi connectivity index (χ2n) is 2.62. The van der Waals surface area contributed by atoms with Gasteiger partial charge in [0.05, 0.1) is 6.04 Å².